The summed E-state index contributed by atoms with van der Waals surface area (Å²) in [7, 11) is 0. The van der Waals surface area contributed by atoms with Gasteiger partial charge < -0.3 is 15.0 Å². The molecular formula is C14H13BrN2O3. The minimum atomic E-state index is -0.880. The van der Waals surface area contributed by atoms with Crippen LogP contribution in [0.2, 0.25) is 0 Å². The molecule has 2 rings (SSSR count). The highest BCUT2D eigenvalue weighted by atomic mass is 79.9. The van der Waals surface area contributed by atoms with Crippen LogP contribution in [0.15, 0.2) is 47.1 Å². The van der Waals surface area contributed by atoms with Gasteiger partial charge in [-0.25, -0.2) is 4.79 Å². The third-order valence-corrected chi connectivity index (χ3v) is 3.11. The van der Waals surface area contributed by atoms with Crippen LogP contribution >= 0.6 is 15.9 Å². The highest BCUT2D eigenvalue weighted by Gasteiger charge is 2.19. The quantitative estimate of drug-likeness (QED) is 0.843. The Hall–Kier alpha value is -2.08. The van der Waals surface area contributed by atoms with Crippen LogP contribution in [-0.2, 0) is 9.53 Å². The highest BCUT2D eigenvalue weighted by Crippen LogP contribution is 2.14. The molecule has 2 N–H and O–H groups in total. The molecule has 0 aliphatic carbocycles. The van der Waals surface area contributed by atoms with Gasteiger partial charge in [0.15, 0.2) is 6.10 Å². The van der Waals surface area contributed by atoms with Gasteiger partial charge in [0.1, 0.15) is 5.69 Å². The Bertz CT molecular complexity index is 593. The molecular weight excluding hydrogens is 324 g/mol. The average Bonchev–Trinajstić information content (AvgIpc) is 2.95. The minimum absolute atomic E-state index is 0.313. The largest absolute Gasteiger partial charge is 0.448 e. The van der Waals surface area contributed by atoms with E-state index in [1.807, 2.05) is 12.1 Å². The van der Waals surface area contributed by atoms with E-state index in [-0.39, 0.29) is 5.91 Å². The van der Waals surface area contributed by atoms with E-state index in [4.69, 9.17) is 4.74 Å². The number of carbonyl (C=O) groups excluding carboxylic acids is 2. The lowest BCUT2D eigenvalue weighted by molar-refractivity contribution is -0.123. The van der Waals surface area contributed by atoms with E-state index in [1.165, 1.54) is 6.92 Å². The zero-order chi connectivity index (χ0) is 14.5. The van der Waals surface area contributed by atoms with Crippen LogP contribution in [-0.4, -0.2) is 23.0 Å². The molecule has 1 aromatic heterocycles. The smallest absolute Gasteiger partial charge is 0.355 e. The molecule has 0 bridgehead atoms. The van der Waals surface area contributed by atoms with Crippen LogP contribution in [0.5, 0.6) is 0 Å². The number of carbonyl (C=O) groups is 2. The topological polar surface area (TPSA) is 71.2 Å². The van der Waals surface area contributed by atoms with Gasteiger partial charge in [-0.05, 0) is 43.3 Å². The number of benzene rings is 1. The van der Waals surface area contributed by atoms with Gasteiger partial charge in [0, 0.05) is 16.4 Å². The van der Waals surface area contributed by atoms with Crippen molar-refractivity contribution in [2.45, 2.75) is 13.0 Å². The zero-order valence-electron chi connectivity index (χ0n) is 10.7. The Balaban J connectivity index is 1.92. The maximum absolute atomic E-state index is 11.9. The lowest BCUT2D eigenvalue weighted by atomic mass is 10.3. The molecule has 6 heteroatoms. The number of amides is 1. The van der Waals surface area contributed by atoms with Gasteiger partial charge in [-0.15, -0.1) is 0 Å². The van der Waals surface area contributed by atoms with Crippen molar-refractivity contribution in [1.82, 2.24) is 4.98 Å². The van der Waals surface area contributed by atoms with E-state index in [0.29, 0.717) is 11.4 Å². The second kappa shape index (κ2) is 6.38. The normalized spacial score (nSPS) is 11.7. The van der Waals surface area contributed by atoms with Gasteiger partial charge in [-0.2, -0.15) is 0 Å². The first-order chi connectivity index (χ1) is 9.56. The molecule has 0 radical (unpaired) electrons. The molecule has 1 aromatic carbocycles. The van der Waals surface area contributed by atoms with Gasteiger partial charge in [0.2, 0.25) is 0 Å². The van der Waals surface area contributed by atoms with Crippen LogP contribution in [0.3, 0.4) is 0 Å². The molecule has 1 atom stereocenters. The predicted molar refractivity (Wildman–Crippen MR) is 78.4 cm³/mol. The molecule has 0 spiro atoms. The Morgan fingerprint density at radius 1 is 1.25 bits per heavy atom. The number of rotatable bonds is 4. The number of nitrogens with one attached hydrogen (secondary N) is 2. The minimum Gasteiger partial charge on any atom is -0.448 e. The van der Waals surface area contributed by atoms with E-state index in [2.05, 4.69) is 26.2 Å². The number of H-pyrrole nitrogens is 1. The van der Waals surface area contributed by atoms with Crippen LogP contribution in [0.4, 0.5) is 5.69 Å². The molecule has 0 aliphatic heterocycles. The van der Waals surface area contributed by atoms with Crippen molar-refractivity contribution in [2.24, 2.45) is 0 Å². The first kappa shape index (κ1) is 14.3. The number of esters is 1. The molecule has 1 heterocycles. The monoisotopic (exact) mass is 336 g/mol. The lowest BCUT2D eigenvalue weighted by Gasteiger charge is -2.13. The Morgan fingerprint density at radius 2 is 1.95 bits per heavy atom. The number of aromatic amines is 1. The van der Waals surface area contributed by atoms with Crippen LogP contribution in [0, 0.1) is 0 Å². The molecule has 0 saturated carbocycles. The van der Waals surface area contributed by atoms with Crippen molar-refractivity contribution in [2.75, 3.05) is 5.32 Å². The van der Waals surface area contributed by atoms with E-state index in [0.717, 1.165) is 4.47 Å². The summed E-state index contributed by atoms with van der Waals surface area (Å²) in [5.41, 5.74) is 0.953. The second-order valence-electron chi connectivity index (χ2n) is 4.13. The lowest BCUT2D eigenvalue weighted by Crippen LogP contribution is -2.30. The summed E-state index contributed by atoms with van der Waals surface area (Å²) >= 11 is 3.31. The van der Waals surface area contributed by atoms with Gasteiger partial charge in [-0.1, -0.05) is 15.9 Å². The fourth-order valence-electron chi connectivity index (χ4n) is 1.51. The summed E-state index contributed by atoms with van der Waals surface area (Å²) in [4.78, 5) is 26.3. The average molecular weight is 337 g/mol. The van der Waals surface area contributed by atoms with Crippen LogP contribution in [0.25, 0.3) is 0 Å². The summed E-state index contributed by atoms with van der Waals surface area (Å²) in [6, 6.07) is 10.4. The van der Waals surface area contributed by atoms with Gasteiger partial charge in [0.25, 0.3) is 5.91 Å². The van der Waals surface area contributed by atoms with Gasteiger partial charge in [0.05, 0.1) is 0 Å². The van der Waals surface area contributed by atoms with Crippen molar-refractivity contribution in [3.63, 3.8) is 0 Å². The van der Waals surface area contributed by atoms with E-state index >= 15 is 0 Å². The number of anilines is 1. The summed E-state index contributed by atoms with van der Waals surface area (Å²) < 4.78 is 5.98. The van der Waals surface area contributed by atoms with Crippen LogP contribution in [0.1, 0.15) is 17.4 Å². The van der Waals surface area contributed by atoms with Crippen molar-refractivity contribution in [1.29, 1.82) is 0 Å². The number of aromatic nitrogens is 1. The molecule has 1 amide bonds. The summed E-state index contributed by atoms with van der Waals surface area (Å²) in [6.07, 6.45) is 0.734. The summed E-state index contributed by atoms with van der Waals surface area (Å²) in [6.45, 7) is 1.52. The molecule has 0 unspecified atom stereocenters. The summed E-state index contributed by atoms with van der Waals surface area (Å²) in [5, 5.41) is 2.67. The fourth-order valence-corrected chi connectivity index (χ4v) is 1.78. The number of hydrogen-bond donors (Lipinski definition) is 2. The first-order valence-electron chi connectivity index (χ1n) is 5.97. The fraction of sp³-hybridized carbons (Fsp3) is 0.143. The third-order valence-electron chi connectivity index (χ3n) is 2.58. The maximum atomic E-state index is 11.9. The standard InChI is InChI=1S/C14H13BrN2O3/c1-9(20-14(19)12-3-2-8-16-12)13(18)17-11-6-4-10(15)5-7-11/h2-9,16H,1H3,(H,17,18)/t9-/m0/s1. The van der Waals surface area contributed by atoms with E-state index < -0.39 is 12.1 Å². The van der Waals surface area contributed by atoms with Gasteiger partial charge in [-0.3, -0.25) is 4.79 Å². The molecule has 20 heavy (non-hydrogen) atoms. The zero-order valence-corrected chi connectivity index (χ0v) is 12.3. The SMILES string of the molecule is C[C@H](OC(=O)c1ccc[nH]1)C(=O)Nc1ccc(Br)cc1. The van der Waals surface area contributed by atoms with Crippen molar-refractivity contribution in [3.8, 4) is 0 Å². The molecule has 0 saturated heterocycles. The Morgan fingerprint density at radius 3 is 2.55 bits per heavy atom. The van der Waals surface area contributed by atoms with Crippen molar-refractivity contribution in [3.05, 3.63) is 52.8 Å². The van der Waals surface area contributed by atoms with E-state index in [9.17, 15) is 9.59 Å². The number of hydrogen-bond acceptors (Lipinski definition) is 3. The first-order valence-corrected chi connectivity index (χ1v) is 6.76. The second-order valence-corrected chi connectivity index (χ2v) is 5.04. The van der Waals surface area contributed by atoms with Crippen molar-refractivity contribution < 1.29 is 14.3 Å². The van der Waals surface area contributed by atoms with Gasteiger partial charge >= 0.3 is 5.97 Å². The predicted octanol–water partition coefficient (Wildman–Crippen LogP) is 2.96. The molecule has 2 aromatic rings. The third kappa shape index (κ3) is 3.71. The molecule has 104 valence electrons. The Kier molecular flexibility index (Phi) is 4.57. The number of ether oxygens (including phenoxy) is 1. The Labute approximate surface area is 124 Å². The van der Waals surface area contributed by atoms with E-state index in [1.54, 1.807) is 30.5 Å². The number of halogens is 1. The van der Waals surface area contributed by atoms with Crippen molar-refractivity contribution >= 4 is 33.5 Å². The highest BCUT2D eigenvalue weighted by molar-refractivity contribution is 9.10. The summed E-state index contributed by atoms with van der Waals surface area (Å²) in [5.74, 6) is -0.944. The molecule has 0 fully saturated rings. The van der Waals surface area contributed by atoms with Crippen LogP contribution < -0.4 is 5.32 Å². The molecule has 0 aliphatic rings. The maximum Gasteiger partial charge on any atom is 0.355 e. The molecule has 5 nitrogen and oxygen atoms in total.